The van der Waals surface area contributed by atoms with Crippen LogP contribution < -0.4 is 5.32 Å². The molecule has 0 saturated heterocycles. The Kier molecular flexibility index (Phi) is 4.27. The molecule has 4 nitrogen and oxygen atoms in total. The van der Waals surface area contributed by atoms with E-state index in [0.29, 0.717) is 12.1 Å². The molecular formula is C14H16N2O2S. The number of aryl methyl sites for hydroxylation is 2. The molecular weight excluding hydrogens is 260 g/mol. The van der Waals surface area contributed by atoms with Crippen molar-refractivity contribution in [1.29, 1.82) is 0 Å². The van der Waals surface area contributed by atoms with E-state index in [1.54, 1.807) is 18.3 Å². The molecule has 1 N–H and O–H groups in total. The van der Waals surface area contributed by atoms with Crippen molar-refractivity contribution in [2.45, 2.75) is 25.4 Å². The van der Waals surface area contributed by atoms with Crippen LogP contribution in [-0.4, -0.2) is 17.1 Å². The predicted molar refractivity (Wildman–Crippen MR) is 75.4 cm³/mol. The van der Waals surface area contributed by atoms with Gasteiger partial charge in [0.25, 0.3) is 5.91 Å². The molecule has 0 aliphatic rings. The maximum absolute atomic E-state index is 12.1. The number of pyridine rings is 1. The molecule has 0 aliphatic carbocycles. The van der Waals surface area contributed by atoms with Crippen molar-refractivity contribution in [3.63, 3.8) is 0 Å². The van der Waals surface area contributed by atoms with E-state index in [4.69, 9.17) is 4.42 Å². The Bertz CT molecular complexity index is 593. The second kappa shape index (κ2) is 5.93. The number of carbonyl (C=O) groups excluding carboxylic acids is 1. The lowest BCUT2D eigenvalue weighted by molar-refractivity contribution is 0.0947. The first-order chi connectivity index (χ1) is 9.11. The number of thioether (sulfide) groups is 1. The molecule has 2 aromatic heterocycles. The van der Waals surface area contributed by atoms with E-state index in [2.05, 4.69) is 10.3 Å². The van der Waals surface area contributed by atoms with E-state index in [1.165, 1.54) is 11.8 Å². The lowest BCUT2D eigenvalue weighted by Crippen LogP contribution is -2.23. The average Bonchev–Trinajstić information content (AvgIpc) is 2.74. The second-order valence-corrected chi connectivity index (χ2v) is 4.98. The highest BCUT2D eigenvalue weighted by Gasteiger charge is 2.12. The summed E-state index contributed by atoms with van der Waals surface area (Å²) in [5.74, 6) is 1.58. The van der Waals surface area contributed by atoms with E-state index < -0.39 is 0 Å². The van der Waals surface area contributed by atoms with Crippen LogP contribution in [-0.2, 0) is 6.54 Å². The quantitative estimate of drug-likeness (QED) is 0.872. The minimum absolute atomic E-state index is 0.115. The number of hydrogen-bond donors (Lipinski definition) is 1. The number of furan rings is 1. The molecule has 5 heteroatoms. The van der Waals surface area contributed by atoms with Gasteiger partial charge in [0.05, 0.1) is 5.56 Å². The van der Waals surface area contributed by atoms with E-state index in [0.717, 1.165) is 22.1 Å². The molecule has 0 saturated carbocycles. The third-order valence-corrected chi connectivity index (χ3v) is 3.50. The summed E-state index contributed by atoms with van der Waals surface area (Å²) in [6.07, 6.45) is 3.59. The highest BCUT2D eigenvalue weighted by atomic mass is 32.2. The van der Waals surface area contributed by atoms with Gasteiger partial charge >= 0.3 is 0 Å². The number of rotatable bonds is 4. The summed E-state index contributed by atoms with van der Waals surface area (Å²) < 4.78 is 5.43. The van der Waals surface area contributed by atoms with Gasteiger partial charge in [0.1, 0.15) is 16.5 Å². The van der Waals surface area contributed by atoms with Crippen LogP contribution in [0.15, 0.2) is 33.8 Å². The summed E-state index contributed by atoms with van der Waals surface area (Å²) in [6, 6.07) is 5.48. The van der Waals surface area contributed by atoms with Crippen LogP contribution in [0.25, 0.3) is 0 Å². The highest BCUT2D eigenvalue weighted by molar-refractivity contribution is 7.98. The maximum Gasteiger partial charge on any atom is 0.254 e. The number of nitrogens with zero attached hydrogens (tertiary/aromatic N) is 1. The Hall–Kier alpha value is -1.75. The zero-order valence-corrected chi connectivity index (χ0v) is 12.0. The van der Waals surface area contributed by atoms with Crippen molar-refractivity contribution in [3.05, 3.63) is 47.0 Å². The molecule has 0 fully saturated rings. The van der Waals surface area contributed by atoms with Crippen LogP contribution in [0.2, 0.25) is 0 Å². The molecule has 2 aromatic rings. The molecule has 2 heterocycles. The molecule has 0 bridgehead atoms. The molecule has 0 atom stereocenters. The van der Waals surface area contributed by atoms with E-state index >= 15 is 0 Å². The van der Waals surface area contributed by atoms with Gasteiger partial charge in [-0.3, -0.25) is 4.79 Å². The fourth-order valence-corrected chi connectivity index (χ4v) is 2.40. The summed E-state index contributed by atoms with van der Waals surface area (Å²) in [5.41, 5.74) is 1.60. The first kappa shape index (κ1) is 13.7. The Morgan fingerprint density at radius 2 is 2.26 bits per heavy atom. The Labute approximate surface area is 116 Å². The minimum Gasteiger partial charge on any atom is -0.466 e. The normalized spacial score (nSPS) is 10.5. The molecule has 1 amide bonds. The molecule has 0 radical (unpaired) electrons. The Morgan fingerprint density at radius 1 is 1.47 bits per heavy atom. The minimum atomic E-state index is -0.115. The van der Waals surface area contributed by atoms with Gasteiger partial charge in [-0.1, -0.05) is 0 Å². The Morgan fingerprint density at radius 3 is 2.89 bits per heavy atom. The summed E-state index contributed by atoms with van der Waals surface area (Å²) in [7, 11) is 0. The molecule has 19 heavy (non-hydrogen) atoms. The molecule has 100 valence electrons. The largest absolute Gasteiger partial charge is 0.466 e. The van der Waals surface area contributed by atoms with Gasteiger partial charge < -0.3 is 9.73 Å². The number of hydrogen-bond acceptors (Lipinski definition) is 4. The van der Waals surface area contributed by atoms with E-state index in [1.807, 2.05) is 26.2 Å². The summed E-state index contributed by atoms with van der Waals surface area (Å²) in [4.78, 5) is 16.3. The molecule has 0 aromatic carbocycles. The lowest BCUT2D eigenvalue weighted by Gasteiger charge is -2.07. The van der Waals surface area contributed by atoms with E-state index in [-0.39, 0.29) is 5.91 Å². The zero-order chi connectivity index (χ0) is 13.8. The monoisotopic (exact) mass is 276 g/mol. The third kappa shape index (κ3) is 3.17. The standard InChI is InChI=1S/C14H16N2O2S/c1-9-7-11(10(2)18-9)8-16-13(17)12-5-4-6-15-14(12)19-3/h4-7H,8H2,1-3H3,(H,16,17). The van der Waals surface area contributed by atoms with E-state index in [9.17, 15) is 4.79 Å². The van der Waals surface area contributed by atoms with Crippen molar-refractivity contribution in [1.82, 2.24) is 10.3 Å². The number of aromatic nitrogens is 1. The van der Waals surface area contributed by atoms with Crippen LogP contribution in [0.4, 0.5) is 0 Å². The van der Waals surface area contributed by atoms with Crippen LogP contribution in [0.5, 0.6) is 0 Å². The van der Waals surface area contributed by atoms with Crippen molar-refractivity contribution in [2.24, 2.45) is 0 Å². The van der Waals surface area contributed by atoms with Gasteiger partial charge in [-0.05, 0) is 38.3 Å². The van der Waals surface area contributed by atoms with Crippen molar-refractivity contribution in [2.75, 3.05) is 6.26 Å². The highest BCUT2D eigenvalue weighted by Crippen LogP contribution is 2.17. The third-order valence-electron chi connectivity index (χ3n) is 2.79. The first-order valence-electron chi connectivity index (χ1n) is 5.95. The van der Waals surface area contributed by atoms with Crippen LogP contribution >= 0.6 is 11.8 Å². The molecule has 2 rings (SSSR count). The Balaban J connectivity index is 2.07. The fraction of sp³-hybridized carbons (Fsp3) is 0.286. The van der Waals surface area contributed by atoms with Crippen molar-refractivity contribution >= 4 is 17.7 Å². The van der Waals surface area contributed by atoms with Crippen molar-refractivity contribution < 1.29 is 9.21 Å². The lowest BCUT2D eigenvalue weighted by atomic mass is 10.2. The van der Waals surface area contributed by atoms with Gasteiger partial charge in [0.15, 0.2) is 0 Å². The topological polar surface area (TPSA) is 55.1 Å². The van der Waals surface area contributed by atoms with Crippen LogP contribution in [0, 0.1) is 13.8 Å². The smallest absolute Gasteiger partial charge is 0.254 e. The zero-order valence-electron chi connectivity index (χ0n) is 11.2. The second-order valence-electron chi connectivity index (χ2n) is 4.18. The maximum atomic E-state index is 12.1. The van der Waals surface area contributed by atoms with Gasteiger partial charge in [0.2, 0.25) is 0 Å². The van der Waals surface area contributed by atoms with Gasteiger partial charge in [-0.15, -0.1) is 11.8 Å². The van der Waals surface area contributed by atoms with Gasteiger partial charge in [-0.25, -0.2) is 4.98 Å². The summed E-state index contributed by atoms with van der Waals surface area (Å²) >= 11 is 1.46. The number of amides is 1. The average molecular weight is 276 g/mol. The first-order valence-corrected chi connectivity index (χ1v) is 7.17. The molecule has 0 unspecified atom stereocenters. The summed E-state index contributed by atoms with van der Waals surface area (Å²) in [5, 5.41) is 3.63. The number of nitrogens with one attached hydrogen (secondary N) is 1. The van der Waals surface area contributed by atoms with Gasteiger partial charge in [0, 0.05) is 18.3 Å². The van der Waals surface area contributed by atoms with Crippen molar-refractivity contribution in [3.8, 4) is 0 Å². The molecule has 0 spiro atoms. The fourth-order valence-electron chi connectivity index (χ4n) is 1.86. The number of carbonyl (C=O) groups is 1. The predicted octanol–water partition coefficient (Wildman–Crippen LogP) is 2.94. The summed E-state index contributed by atoms with van der Waals surface area (Å²) in [6.45, 7) is 4.25. The molecule has 0 aliphatic heterocycles. The van der Waals surface area contributed by atoms with Gasteiger partial charge in [-0.2, -0.15) is 0 Å². The van der Waals surface area contributed by atoms with Crippen LogP contribution in [0.3, 0.4) is 0 Å². The van der Waals surface area contributed by atoms with Crippen LogP contribution in [0.1, 0.15) is 27.4 Å². The SMILES string of the molecule is CSc1ncccc1C(=O)NCc1cc(C)oc1C.